The lowest BCUT2D eigenvalue weighted by Crippen LogP contribution is -2.33. The molecule has 4 rings (SSSR count). The van der Waals surface area contributed by atoms with E-state index in [9.17, 15) is 8.42 Å². The minimum Gasteiger partial charge on any atom is -0.248 e. The van der Waals surface area contributed by atoms with Gasteiger partial charge in [-0.3, -0.25) is 0 Å². The molecule has 1 aromatic heterocycles. The van der Waals surface area contributed by atoms with Crippen LogP contribution in [0.1, 0.15) is 68.3 Å². The van der Waals surface area contributed by atoms with Crippen LogP contribution in [0.25, 0.3) is 0 Å². The quantitative estimate of drug-likeness (QED) is 0.909. The van der Waals surface area contributed by atoms with Crippen LogP contribution in [0.2, 0.25) is 0 Å². The maximum Gasteiger partial charge on any atom is 0.241 e. The zero-order valence-corrected chi connectivity index (χ0v) is 15.1. The molecule has 0 amide bonds. The fourth-order valence-electron chi connectivity index (χ4n) is 4.01. The molecule has 1 aliphatic heterocycles. The summed E-state index contributed by atoms with van der Waals surface area (Å²) in [5.41, 5.74) is 1.26. The molecule has 0 saturated heterocycles. The van der Waals surface area contributed by atoms with Gasteiger partial charge in [-0.25, -0.2) is 22.8 Å². The molecule has 1 N–H and O–H groups in total. The minimum atomic E-state index is -3.56. The van der Waals surface area contributed by atoms with Gasteiger partial charge in [-0.1, -0.05) is 31.4 Å². The third kappa shape index (κ3) is 3.48. The van der Waals surface area contributed by atoms with Gasteiger partial charge in [0, 0.05) is 6.54 Å². The van der Waals surface area contributed by atoms with Crippen molar-refractivity contribution in [1.29, 1.82) is 0 Å². The Kier molecular flexibility index (Phi) is 4.60. The zero-order chi connectivity index (χ0) is 17.3. The second kappa shape index (κ2) is 6.88. The highest BCUT2D eigenvalue weighted by Crippen LogP contribution is 2.33. The molecular formula is C18H24N4O2S. The van der Waals surface area contributed by atoms with Crippen molar-refractivity contribution in [1.82, 2.24) is 19.5 Å². The molecular weight excluding hydrogens is 336 g/mol. The van der Waals surface area contributed by atoms with Crippen LogP contribution in [0.4, 0.5) is 0 Å². The first-order valence-electron chi connectivity index (χ1n) is 9.13. The second-order valence-corrected chi connectivity index (χ2v) is 8.78. The lowest BCUT2D eigenvalue weighted by molar-refractivity contribution is 0.400. The maximum atomic E-state index is 12.8. The Labute approximate surface area is 148 Å². The lowest BCUT2D eigenvalue weighted by atomic mass is 9.84. The van der Waals surface area contributed by atoms with Gasteiger partial charge in [0.15, 0.2) is 0 Å². The molecule has 6 nitrogen and oxygen atoms in total. The highest BCUT2D eigenvalue weighted by molar-refractivity contribution is 7.89. The standard InChI is InChI=1S/C18H24N4O2S/c23-25(24,21-17-7-4-12-22-18(17)19-13-20-22)16-10-8-15(9-11-16)14-5-2-1-3-6-14/h8-11,13-14,17,21H,1-7,12H2. The van der Waals surface area contributed by atoms with E-state index in [4.69, 9.17) is 0 Å². The molecule has 1 atom stereocenters. The number of benzene rings is 1. The number of sulfonamides is 1. The van der Waals surface area contributed by atoms with Crippen molar-refractivity contribution in [2.45, 2.75) is 68.3 Å². The Hall–Kier alpha value is -1.73. The maximum absolute atomic E-state index is 12.8. The molecule has 2 aromatic rings. The first kappa shape index (κ1) is 16.7. The van der Waals surface area contributed by atoms with E-state index in [1.807, 2.05) is 12.1 Å². The summed E-state index contributed by atoms with van der Waals surface area (Å²) in [6.45, 7) is 0.795. The Morgan fingerprint density at radius 2 is 1.76 bits per heavy atom. The molecule has 134 valence electrons. The number of nitrogens with zero attached hydrogens (tertiary/aromatic N) is 3. The average Bonchev–Trinajstić information content (AvgIpc) is 3.12. The summed E-state index contributed by atoms with van der Waals surface area (Å²) in [5.74, 6) is 1.28. The van der Waals surface area contributed by atoms with Crippen LogP contribution >= 0.6 is 0 Å². The Bertz CT molecular complexity index is 823. The normalized spacial score (nSPS) is 21.8. The summed E-state index contributed by atoms with van der Waals surface area (Å²) < 4.78 is 30.1. The molecule has 7 heteroatoms. The number of nitrogens with one attached hydrogen (secondary N) is 1. The van der Waals surface area contributed by atoms with Crippen LogP contribution in [0.15, 0.2) is 35.5 Å². The second-order valence-electron chi connectivity index (χ2n) is 7.06. The highest BCUT2D eigenvalue weighted by Gasteiger charge is 2.27. The van der Waals surface area contributed by atoms with Crippen molar-refractivity contribution in [2.24, 2.45) is 0 Å². The summed E-state index contributed by atoms with van der Waals surface area (Å²) in [4.78, 5) is 4.54. The molecule has 2 heterocycles. The van der Waals surface area contributed by atoms with Crippen molar-refractivity contribution in [2.75, 3.05) is 0 Å². The number of aromatic nitrogens is 3. The Morgan fingerprint density at radius 3 is 2.52 bits per heavy atom. The van der Waals surface area contributed by atoms with Gasteiger partial charge >= 0.3 is 0 Å². The lowest BCUT2D eigenvalue weighted by Gasteiger charge is -2.24. The van der Waals surface area contributed by atoms with Crippen molar-refractivity contribution in [3.05, 3.63) is 42.0 Å². The monoisotopic (exact) mass is 360 g/mol. The van der Waals surface area contributed by atoms with Gasteiger partial charge in [0.1, 0.15) is 12.2 Å². The molecule has 2 aliphatic rings. The van der Waals surface area contributed by atoms with Crippen LogP contribution in [0.3, 0.4) is 0 Å². The Morgan fingerprint density at radius 1 is 1.00 bits per heavy atom. The number of fused-ring (bicyclic) bond motifs is 1. The van der Waals surface area contributed by atoms with E-state index in [-0.39, 0.29) is 6.04 Å². The molecule has 0 bridgehead atoms. The largest absolute Gasteiger partial charge is 0.248 e. The van der Waals surface area contributed by atoms with Gasteiger partial charge in [0.2, 0.25) is 10.0 Å². The summed E-state index contributed by atoms with van der Waals surface area (Å²) in [6.07, 6.45) is 9.41. The van der Waals surface area contributed by atoms with E-state index in [2.05, 4.69) is 14.8 Å². The van der Waals surface area contributed by atoms with Crippen LogP contribution in [0, 0.1) is 0 Å². The summed E-state index contributed by atoms with van der Waals surface area (Å²) in [6, 6.07) is 7.13. The molecule has 1 saturated carbocycles. The van der Waals surface area contributed by atoms with E-state index in [1.165, 1.54) is 44.0 Å². The number of hydrogen-bond acceptors (Lipinski definition) is 4. The highest BCUT2D eigenvalue weighted by atomic mass is 32.2. The fourth-order valence-corrected chi connectivity index (χ4v) is 5.24. The van der Waals surface area contributed by atoms with E-state index < -0.39 is 10.0 Å². The summed E-state index contributed by atoms with van der Waals surface area (Å²) in [5, 5.41) is 4.14. The van der Waals surface area contributed by atoms with Gasteiger partial charge in [-0.15, -0.1) is 0 Å². The van der Waals surface area contributed by atoms with Crippen molar-refractivity contribution < 1.29 is 8.42 Å². The topological polar surface area (TPSA) is 76.9 Å². The van der Waals surface area contributed by atoms with Gasteiger partial charge in [0.05, 0.1) is 10.9 Å². The predicted molar refractivity (Wildman–Crippen MR) is 94.6 cm³/mol. The van der Waals surface area contributed by atoms with E-state index >= 15 is 0 Å². The first-order valence-corrected chi connectivity index (χ1v) is 10.6. The van der Waals surface area contributed by atoms with E-state index in [0.717, 1.165) is 19.4 Å². The smallest absolute Gasteiger partial charge is 0.241 e. The van der Waals surface area contributed by atoms with Crippen LogP contribution in [-0.2, 0) is 16.6 Å². The minimum absolute atomic E-state index is 0.306. The van der Waals surface area contributed by atoms with Crippen LogP contribution < -0.4 is 4.72 Å². The summed E-state index contributed by atoms with van der Waals surface area (Å²) >= 11 is 0. The van der Waals surface area contributed by atoms with Crippen molar-refractivity contribution in [3.63, 3.8) is 0 Å². The summed E-state index contributed by atoms with van der Waals surface area (Å²) in [7, 11) is -3.56. The molecule has 25 heavy (non-hydrogen) atoms. The third-order valence-corrected chi connectivity index (χ3v) is 6.87. The number of hydrogen-bond donors (Lipinski definition) is 1. The zero-order valence-electron chi connectivity index (χ0n) is 14.3. The molecule has 0 radical (unpaired) electrons. The van der Waals surface area contributed by atoms with Gasteiger partial charge in [-0.2, -0.15) is 5.10 Å². The molecule has 0 spiro atoms. The number of rotatable bonds is 4. The average molecular weight is 360 g/mol. The predicted octanol–water partition coefficient (Wildman–Crippen LogP) is 3.14. The number of aryl methyl sites for hydroxylation is 1. The van der Waals surface area contributed by atoms with Crippen LogP contribution in [0.5, 0.6) is 0 Å². The van der Waals surface area contributed by atoms with Gasteiger partial charge in [-0.05, 0) is 49.3 Å². The van der Waals surface area contributed by atoms with E-state index in [1.54, 1.807) is 16.8 Å². The fraction of sp³-hybridized carbons (Fsp3) is 0.556. The third-order valence-electron chi connectivity index (χ3n) is 5.38. The van der Waals surface area contributed by atoms with Gasteiger partial charge < -0.3 is 0 Å². The molecule has 1 aromatic carbocycles. The molecule has 1 unspecified atom stereocenters. The van der Waals surface area contributed by atoms with E-state index in [0.29, 0.717) is 16.6 Å². The van der Waals surface area contributed by atoms with Crippen molar-refractivity contribution in [3.8, 4) is 0 Å². The SMILES string of the molecule is O=S(=O)(NC1CCCn2ncnc21)c1ccc(C2CCCCC2)cc1. The first-order chi connectivity index (χ1) is 12.1. The van der Waals surface area contributed by atoms with Gasteiger partial charge in [0.25, 0.3) is 0 Å². The Balaban J connectivity index is 1.51. The van der Waals surface area contributed by atoms with Crippen LogP contribution in [-0.4, -0.2) is 23.2 Å². The van der Waals surface area contributed by atoms with Crippen molar-refractivity contribution >= 4 is 10.0 Å². The molecule has 1 fully saturated rings. The molecule has 1 aliphatic carbocycles.